The van der Waals surface area contributed by atoms with Gasteiger partial charge in [-0.2, -0.15) is 0 Å². The molecule has 0 aliphatic heterocycles. The highest BCUT2D eigenvalue weighted by atomic mass is 16.5. The van der Waals surface area contributed by atoms with E-state index in [-0.39, 0.29) is 0 Å². The largest absolute Gasteiger partial charge is 0.379 e. The number of rotatable bonds is 4. The van der Waals surface area contributed by atoms with Crippen molar-refractivity contribution in [2.75, 3.05) is 13.2 Å². The van der Waals surface area contributed by atoms with E-state index < -0.39 is 0 Å². The third kappa shape index (κ3) is 3.11. The van der Waals surface area contributed by atoms with Crippen molar-refractivity contribution in [1.82, 2.24) is 0 Å². The van der Waals surface area contributed by atoms with Gasteiger partial charge in [-0.05, 0) is 37.5 Å². The zero-order valence-corrected chi connectivity index (χ0v) is 7.63. The van der Waals surface area contributed by atoms with Crippen molar-refractivity contribution in [3.05, 3.63) is 14.2 Å². The van der Waals surface area contributed by atoms with Gasteiger partial charge < -0.3 is 9.47 Å². The third-order valence-electron chi connectivity index (χ3n) is 2.67. The molecule has 12 heavy (non-hydrogen) atoms. The quantitative estimate of drug-likeness (QED) is 0.645. The van der Waals surface area contributed by atoms with Gasteiger partial charge in [0.15, 0.2) is 0 Å². The molecule has 70 valence electrons. The lowest BCUT2D eigenvalue weighted by molar-refractivity contribution is 0.109. The summed E-state index contributed by atoms with van der Waals surface area (Å²) >= 11 is 0. The van der Waals surface area contributed by atoms with E-state index in [1.807, 2.05) is 0 Å². The van der Waals surface area contributed by atoms with Crippen LogP contribution in [-0.2, 0) is 9.47 Å². The molecule has 1 saturated carbocycles. The monoisotopic (exact) mass is 170 g/mol. The third-order valence-corrected chi connectivity index (χ3v) is 2.67. The molecule has 2 nitrogen and oxygen atoms in total. The minimum atomic E-state index is 0.726. The van der Waals surface area contributed by atoms with Gasteiger partial charge in [-0.15, -0.1) is 0 Å². The minimum Gasteiger partial charge on any atom is -0.379 e. The summed E-state index contributed by atoms with van der Waals surface area (Å²) in [6.07, 6.45) is 5.01. The minimum absolute atomic E-state index is 0.726. The molecule has 1 aliphatic carbocycles. The second-order valence-corrected chi connectivity index (χ2v) is 3.63. The Bertz CT molecular complexity index is 92.4. The molecule has 0 saturated heterocycles. The van der Waals surface area contributed by atoms with Gasteiger partial charge in [-0.25, -0.2) is 0 Å². The van der Waals surface area contributed by atoms with Gasteiger partial charge in [-0.1, -0.05) is 0 Å². The Morgan fingerprint density at radius 2 is 1.17 bits per heavy atom. The predicted molar refractivity (Wildman–Crippen MR) is 48.1 cm³/mol. The average Bonchev–Trinajstić information content (AvgIpc) is 2.09. The first-order chi connectivity index (χ1) is 5.86. The normalized spacial score (nSPS) is 30.5. The second kappa shape index (κ2) is 5.55. The SMILES string of the molecule is [CH2]OCC1CCC(CO[CH2])CC1. The molecular formula is C10H18O2. The molecule has 0 atom stereocenters. The molecule has 0 aromatic rings. The zero-order valence-electron chi connectivity index (χ0n) is 7.63. The molecule has 0 heterocycles. The maximum absolute atomic E-state index is 4.88. The fourth-order valence-corrected chi connectivity index (χ4v) is 1.90. The number of ether oxygens (including phenoxy) is 2. The topological polar surface area (TPSA) is 18.5 Å². The van der Waals surface area contributed by atoms with Gasteiger partial charge in [0.05, 0.1) is 14.2 Å². The van der Waals surface area contributed by atoms with Crippen molar-refractivity contribution < 1.29 is 9.47 Å². The molecule has 0 unspecified atom stereocenters. The second-order valence-electron chi connectivity index (χ2n) is 3.63. The molecule has 2 radical (unpaired) electrons. The lowest BCUT2D eigenvalue weighted by atomic mass is 9.83. The Morgan fingerprint density at radius 3 is 1.42 bits per heavy atom. The molecule has 1 aliphatic rings. The van der Waals surface area contributed by atoms with Crippen LogP contribution < -0.4 is 0 Å². The van der Waals surface area contributed by atoms with Crippen molar-refractivity contribution >= 4 is 0 Å². The standard InChI is InChI=1S/C10H18O2/c1-11-7-9-3-5-10(6-4-9)8-12-2/h9-10H,1-8H2. The summed E-state index contributed by atoms with van der Waals surface area (Å²) in [7, 11) is 6.80. The molecule has 0 N–H and O–H groups in total. The smallest absolute Gasteiger partial charge is 0.0700 e. The first-order valence-corrected chi connectivity index (χ1v) is 4.60. The van der Waals surface area contributed by atoms with Crippen LogP contribution in [-0.4, -0.2) is 13.2 Å². The van der Waals surface area contributed by atoms with Crippen LogP contribution in [0.25, 0.3) is 0 Å². The van der Waals surface area contributed by atoms with Crippen LogP contribution in [0.4, 0.5) is 0 Å². The first-order valence-electron chi connectivity index (χ1n) is 4.60. The van der Waals surface area contributed by atoms with Crippen LogP contribution in [0.2, 0.25) is 0 Å². The Labute approximate surface area is 75.2 Å². The molecule has 1 rings (SSSR count). The lowest BCUT2D eigenvalue weighted by Gasteiger charge is -2.27. The van der Waals surface area contributed by atoms with Crippen molar-refractivity contribution in [3.63, 3.8) is 0 Å². The summed E-state index contributed by atoms with van der Waals surface area (Å²) in [4.78, 5) is 0. The summed E-state index contributed by atoms with van der Waals surface area (Å²) in [5, 5.41) is 0. The first kappa shape index (κ1) is 10.0. The Hall–Kier alpha value is -0.0800. The van der Waals surface area contributed by atoms with Crippen molar-refractivity contribution in [2.24, 2.45) is 11.8 Å². The van der Waals surface area contributed by atoms with Gasteiger partial charge >= 0.3 is 0 Å². The fourth-order valence-electron chi connectivity index (χ4n) is 1.90. The highest BCUT2D eigenvalue weighted by Gasteiger charge is 2.20. The van der Waals surface area contributed by atoms with Crippen molar-refractivity contribution in [1.29, 1.82) is 0 Å². The van der Waals surface area contributed by atoms with Crippen molar-refractivity contribution in [3.8, 4) is 0 Å². The Kier molecular flexibility index (Phi) is 4.62. The van der Waals surface area contributed by atoms with E-state index in [1.54, 1.807) is 0 Å². The van der Waals surface area contributed by atoms with Gasteiger partial charge in [0.1, 0.15) is 0 Å². The van der Waals surface area contributed by atoms with Gasteiger partial charge in [0.25, 0.3) is 0 Å². The average molecular weight is 170 g/mol. The van der Waals surface area contributed by atoms with E-state index in [1.165, 1.54) is 25.7 Å². The van der Waals surface area contributed by atoms with Gasteiger partial charge in [0, 0.05) is 13.2 Å². The predicted octanol–water partition coefficient (Wildman–Crippen LogP) is 2.41. The molecule has 0 spiro atoms. The highest BCUT2D eigenvalue weighted by molar-refractivity contribution is 4.72. The fraction of sp³-hybridized carbons (Fsp3) is 0.800. The van der Waals surface area contributed by atoms with Crippen LogP contribution in [0.1, 0.15) is 25.7 Å². The van der Waals surface area contributed by atoms with Crippen LogP contribution in [0.15, 0.2) is 0 Å². The molecule has 0 amide bonds. The summed E-state index contributed by atoms with van der Waals surface area (Å²) in [6.45, 7) is 1.63. The maximum Gasteiger partial charge on any atom is 0.0700 e. The molecular weight excluding hydrogens is 152 g/mol. The number of hydrogen-bond acceptors (Lipinski definition) is 2. The lowest BCUT2D eigenvalue weighted by Crippen LogP contribution is -2.20. The summed E-state index contributed by atoms with van der Waals surface area (Å²) < 4.78 is 9.77. The Morgan fingerprint density at radius 1 is 0.833 bits per heavy atom. The van der Waals surface area contributed by atoms with Gasteiger partial charge in [0.2, 0.25) is 0 Å². The van der Waals surface area contributed by atoms with E-state index in [2.05, 4.69) is 14.2 Å². The van der Waals surface area contributed by atoms with Crippen LogP contribution in [0.3, 0.4) is 0 Å². The van der Waals surface area contributed by atoms with Gasteiger partial charge in [-0.3, -0.25) is 0 Å². The van der Waals surface area contributed by atoms with Crippen LogP contribution in [0.5, 0.6) is 0 Å². The molecule has 0 aromatic heterocycles. The van der Waals surface area contributed by atoms with Crippen molar-refractivity contribution in [2.45, 2.75) is 25.7 Å². The zero-order chi connectivity index (χ0) is 8.81. The van der Waals surface area contributed by atoms with E-state index in [0.717, 1.165) is 25.0 Å². The molecule has 0 bridgehead atoms. The van der Waals surface area contributed by atoms with E-state index in [4.69, 9.17) is 9.47 Å². The van der Waals surface area contributed by atoms with E-state index >= 15 is 0 Å². The molecule has 2 heteroatoms. The highest BCUT2D eigenvalue weighted by Crippen LogP contribution is 2.28. The summed E-state index contributed by atoms with van der Waals surface area (Å²) in [5.41, 5.74) is 0. The molecule has 1 fully saturated rings. The van der Waals surface area contributed by atoms with Crippen LogP contribution >= 0.6 is 0 Å². The summed E-state index contributed by atoms with van der Waals surface area (Å²) in [6, 6.07) is 0. The summed E-state index contributed by atoms with van der Waals surface area (Å²) in [5.74, 6) is 1.45. The Balaban J connectivity index is 2.11. The molecule has 0 aromatic carbocycles. The van der Waals surface area contributed by atoms with Crippen LogP contribution in [0, 0.1) is 26.1 Å². The van der Waals surface area contributed by atoms with E-state index in [9.17, 15) is 0 Å². The number of hydrogen-bond donors (Lipinski definition) is 0. The van der Waals surface area contributed by atoms with E-state index in [0.29, 0.717) is 0 Å². The maximum atomic E-state index is 4.88.